The average Bonchev–Trinajstić information content (AvgIpc) is 3.27. The van der Waals surface area contributed by atoms with Crippen LogP contribution < -0.4 is 5.73 Å². The lowest BCUT2D eigenvalue weighted by molar-refractivity contribution is 0.348. The Morgan fingerprint density at radius 3 is 2.75 bits per heavy atom. The molecule has 2 aliphatic carbocycles. The van der Waals surface area contributed by atoms with Gasteiger partial charge >= 0.3 is 0 Å². The van der Waals surface area contributed by atoms with Crippen LogP contribution in [0.25, 0.3) is 11.4 Å². The van der Waals surface area contributed by atoms with Crippen LogP contribution in [0, 0.1) is 11.3 Å². The smallest absolute Gasteiger partial charge is 0.182 e. The highest BCUT2D eigenvalue weighted by molar-refractivity contribution is 6.31. The molecule has 1 heterocycles. The van der Waals surface area contributed by atoms with Crippen LogP contribution in [0.15, 0.2) is 18.2 Å². The summed E-state index contributed by atoms with van der Waals surface area (Å²) in [5.74, 6) is 1.63. The third kappa shape index (κ3) is 2.06. The summed E-state index contributed by atoms with van der Waals surface area (Å²) in [7, 11) is 0. The van der Waals surface area contributed by atoms with Gasteiger partial charge in [0.1, 0.15) is 0 Å². The van der Waals surface area contributed by atoms with Gasteiger partial charge in [0.05, 0.1) is 6.54 Å². The number of nitrogens with zero attached hydrogens (tertiary/aromatic N) is 4. The van der Waals surface area contributed by atoms with Crippen LogP contribution in [0.1, 0.15) is 25.7 Å². The maximum absolute atomic E-state index is 6.07. The lowest BCUT2D eigenvalue weighted by atomic mass is 10.0. The lowest BCUT2D eigenvalue weighted by Crippen LogP contribution is -2.16. The number of tetrazole rings is 1. The van der Waals surface area contributed by atoms with E-state index in [2.05, 4.69) is 15.5 Å². The van der Waals surface area contributed by atoms with Crippen molar-refractivity contribution in [3.05, 3.63) is 23.2 Å². The van der Waals surface area contributed by atoms with Crippen LogP contribution in [0.3, 0.4) is 0 Å². The van der Waals surface area contributed by atoms with E-state index in [1.54, 1.807) is 6.07 Å². The Balaban J connectivity index is 1.67. The second-order valence-corrected chi connectivity index (χ2v) is 6.51. The van der Waals surface area contributed by atoms with E-state index in [0.717, 1.165) is 23.9 Å². The van der Waals surface area contributed by atoms with Crippen molar-refractivity contribution < 1.29 is 0 Å². The van der Waals surface area contributed by atoms with Crippen LogP contribution >= 0.6 is 11.6 Å². The van der Waals surface area contributed by atoms with E-state index in [0.29, 0.717) is 16.1 Å². The minimum atomic E-state index is 0.453. The molecule has 0 saturated heterocycles. The van der Waals surface area contributed by atoms with E-state index in [9.17, 15) is 0 Å². The molecule has 0 spiro atoms. The number of hydrogen-bond donors (Lipinski definition) is 1. The third-order valence-corrected chi connectivity index (χ3v) is 4.73. The Bertz CT molecular complexity index is 637. The van der Waals surface area contributed by atoms with Crippen molar-refractivity contribution in [3.63, 3.8) is 0 Å². The first-order valence-corrected chi connectivity index (χ1v) is 7.37. The number of aromatic nitrogens is 4. The molecule has 2 aliphatic rings. The zero-order chi connectivity index (χ0) is 13.7. The summed E-state index contributed by atoms with van der Waals surface area (Å²) in [6.45, 7) is 0.909. The first kappa shape index (κ1) is 12.1. The summed E-state index contributed by atoms with van der Waals surface area (Å²) < 4.78 is 1.91. The standard InChI is InChI=1S/C14H16ClN5/c15-11-5-9(6-12(16)7-11)13-17-18-19-20(13)8-14(3-4-14)10-1-2-10/h5-7,10H,1-4,8,16H2. The van der Waals surface area contributed by atoms with E-state index < -0.39 is 0 Å². The van der Waals surface area contributed by atoms with E-state index in [4.69, 9.17) is 17.3 Å². The van der Waals surface area contributed by atoms with Crippen molar-refractivity contribution in [2.75, 3.05) is 5.73 Å². The monoisotopic (exact) mass is 289 g/mol. The van der Waals surface area contributed by atoms with Crippen molar-refractivity contribution in [1.29, 1.82) is 0 Å². The lowest BCUT2D eigenvalue weighted by Gasteiger charge is -2.14. The number of nitrogens with two attached hydrogens (primary N) is 1. The fourth-order valence-corrected chi connectivity index (χ4v) is 3.35. The highest BCUT2D eigenvalue weighted by Gasteiger charge is 2.54. The van der Waals surface area contributed by atoms with Crippen LogP contribution in [0.4, 0.5) is 5.69 Å². The van der Waals surface area contributed by atoms with Crippen molar-refractivity contribution in [1.82, 2.24) is 20.2 Å². The van der Waals surface area contributed by atoms with Crippen molar-refractivity contribution >= 4 is 17.3 Å². The molecule has 1 aromatic heterocycles. The average molecular weight is 290 g/mol. The molecule has 2 fully saturated rings. The molecule has 4 rings (SSSR count). The second kappa shape index (κ2) is 4.19. The maximum atomic E-state index is 6.07. The number of benzene rings is 1. The molecule has 0 radical (unpaired) electrons. The van der Waals surface area contributed by atoms with Gasteiger partial charge in [-0.05, 0) is 65.6 Å². The molecule has 20 heavy (non-hydrogen) atoms. The van der Waals surface area contributed by atoms with Gasteiger partial charge in [-0.3, -0.25) is 0 Å². The molecule has 1 aromatic carbocycles. The van der Waals surface area contributed by atoms with Crippen LogP contribution in [0.2, 0.25) is 5.02 Å². The second-order valence-electron chi connectivity index (χ2n) is 6.07. The molecule has 0 atom stereocenters. The van der Waals surface area contributed by atoms with Gasteiger partial charge in [0, 0.05) is 16.3 Å². The molecule has 2 saturated carbocycles. The minimum Gasteiger partial charge on any atom is -0.399 e. The SMILES string of the molecule is Nc1cc(Cl)cc(-c2nnnn2CC2(C3CC3)CC2)c1. The number of rotatable bonds is 4. The quantitative estimate of drug-likeness (QED) is 0.879. The zero-order valence-electron chi connectivity index (χ0n) is 11.1. The van der Waals surface area contributed by atoms with Gasteiger partial charge in [-0.25, -0.2) is 4.68 Å². The van der Waals surface area contributed by atoms with E-state index in [1.165, 1.54) is 25.7 Å². The first-order valence-electron chi connectivity index (χ1n) is 6.99. The Morgan fingerprint density at radius 2 is 2.10 bits per heavy atom. The number of halogens is 1. The molecule has 6 heteroatoms. The Morgan fingerprint density at radius 1 is 1.30 bits per heavy atom. The van der Waals surface area contributed by atoms with Crippen LogP contribution in [-0.2, 0) is 6.54 Å². The van der Waals surface area contributed by atoms with Gasteiger partial charge in [-0.1, -0.05) is 11.6 Å². The summed E-state index contributed by atoms with van der Waals surface area (Å²) in [5, 5.41) is 12.7. The van der Waals surface area contributed by atoms with Crippen molar-refractivity contribution in [3.8, 4) is 11.4 Å². The Labute approximate surface area is 122 Å². The van der Waals surface area contributed by atoms with Gasteiger partial charge < -0.3 is 5.73 Å². The predicted octanol–water partition coefficient (Wildman–Crippen LogP) is 2.77. The van der Waals surface area contributed by atoms with Gasteiger partial charge in [0.15, 0.2) is 5.82 Å². The number of anilines is 1. The highest BCUT2D eigenvalue weighted by Crippen LogP contribution is 2.62. The minimum absolute atomic E-state index is 0.453. The molecule has 2 aromatic rings. The molecule has 0 aliphatic heterocycles. The topological polar surface area (TPSA) is 69.6 Å². The fourth-order valence-electron chi connectivity index (χ4n) is 3.11. The van der Waals surface area contributed by atoms with Crippen molar-refractivity contribution in [2.24, 2.45) is 11.3 Å². The van der Waals surface area contributed by atoms with Crippen LogP contribution in [0.5, 0.6) is 0 Å². The fraction of sp³-hybridized carbons (Fsp3) is 0.500. The van der Waals surface area contributed by atoms with Crippen molar-refractivity contribution in [2.45, 2.75) is 32.2 Å². The molecule has 0 unspecified atom stereocenters. The molecule has 2 N–H and O–H groups in total. The van der Waals surface area contributed by atoms with Gasteiger partial charge in [0.25, 0.3) is 0 Å². The van der Waals surface area contributed by atoms with Crippen LogP contribution in [-0.4, -0.2) is 20.2 Å². The van der Waals surface area contributed by atoms with E-state index in [-0.39, 0.29) is 0 Å². The largest absolute Gasteiger partial charge is 0.399 e. The molecule has 104 valence electrons. The van der Waals surface area contributed by atoms with Gasteiger partial charge in [0.2, 0.25) is 0 Å². The number of nitrogen functional groups attached to an aromatic ring is 1. The van der Waals surface area contributed by atoms with E-state index >= 15 is 0 Å². The van der Waals surface area contributed by atoms with Gasteiger partial charge in [-0.2, -0.15) is 0 Å². The summed E-state index contributed by atoms with van der Waals surface area (Å²) in [5.41, 5.74) is 7.81. The molecular formula is C14H16ClN5. The maximum Gasteiger partial charge on any atom is 0.182 e. The molecule has 5 nitrogen and oxygen atoms in total. The normalized spacial score (nSPS) is 20.1. The Hall–Kier alpha value is -1.62. The molecular weight excluding hydrogens is 274 g/mol. The number of hydrogen-bond acceptors (Lipinski definition) is 4. The molecule has 0 amide bonds. The summed E-state index contributed by atoms with van der Waals surface area (Å²) in [6.07, 6.45) is 5.33. The zero-order valence-corrected chi connectivity index (χ0v) is 11.8. The molecule has 0 bridgehead atoms. The third-order valence-electron chi connectivity index (χ3n) is 4.51. The summed E-state index contributed by atoms with van der Waals surface area (Å²) >= 11 is 6.07. The summed E-state index contributed by atoms with van der Waals surface area (Å²) in [6, 6.07) is 5.45. The summed E-state index contributed by atoms with van der Waals surface area (Å²) in [4.78, 5) is 0. The Kier molecular flexibility index (Phi) is 2.54. The van der Waals surface area contributed by atoms with E-state index in [1.807, 2.05) is 16.8 Å². The highest BCUT2D eigenvalue weighted by atomic mass is 35.5. The first-order chi connectivity index (χ1) is 9.66. The predicted molar refractivity (Wildman–Crippen MR) is 77.1 cm³/mol. The van der Waals surface area contributed by atoms with Gasteiger partial charge in [-0.15, -0.1) is 5.10 Å².